The molecule has 0 aliphatic heterocycles. The molecule has 0 aromatic heterocycles. The Labute approximate surface area is 170 Å². The van der Waals surface area contributed by atoms with E-state index in [1.165, 1.54) is 0 Å². The third kappa shape index (κ3) is 6.57. The van der Waals surface area contributed by atoms with Crippen molar-refractivity contribution in [3.8, 4) is 0 Å². The molecule has 2 aromatic rings. The molecule has 152 valence electrons. The molecular weight excluding hydrogens is 368 g/mol. The second kappa shape index (κ2) is 9.64. The van der Waals surface area contributed by atoms with Crippen LogP contribution in [-0.2, 0) is 14.4 Å². The Balaban J connectivity index is 1.89. The number of hydrogen-bond donors (Lipinski definition) is 3. The van der Waals surface area contributed by atoms with Crippen LogP contribution in [0.4, 0.5) is 11.4 Å². The maximum absolute atomic E-state index is 12.3. The van der Waals surface area contributed by atoms with Crippen molar-refractivity contribution in [3.05, 3.63) is 58.7 Å². The molecule has 0 aliphatic rings. The minimum absolute atomic E-state index is 0.00732. The predicted octanol–water partition coefficient (Wildman–Crippen LogP) is 3.38. The van der Waals surface area contributed by atoms with E-state index in [2.05, 4.69) is 21.2 Å². The summed E-state index contributed by atoms with van der Waals surface area (Å²) < 4.78 is 0. The van der Waals surface area contributed by atoms with Gasteiger partial charge in [0.05, 0.1) is 6.42 Å². The smallest absolute Gasteiger partial charge is 0.325 e. The van der Waals surface area contributed by atoms with E-state index >= 15 is 0 Å². The fourth-order valence-corrected chi connectivity index (χ4v) is 2.85. The molecule has 2 aromatic carbocycles. The van der Waals surface area contributed by atoms with Crippen LogP contribution in [0.5, 0.6) is 0 Å². The van der Waals surface area contributed by atoms with E-state index in [4.69, 9.17) is 0 Å². The highest BCUT2D eigenvalue weighted by molar-refractivity contribution is 6.39. The van der Waals surface area contributed by atoms with E-state index in [-0.39, 0.29) is 12.3 Å². The highest BCUT2D eigenvalue weighted by Gasteiger charge is 2.14. The second-order valence-corrected chi connectivity index (χ2v) is 7.11. The van der Waals surface area contributed by atoms with Crippen LogP contribution in [0.2, 0.25) is 0 Å². The Morgan fingerprint density at radius 1 is 0.828 bits per heavy atom. The number of carbonyl (C=O) groups is 3. The van der Waals surface area contributed by atoms with E-state index < -0.39 is 11.8 Å². The Morgan fingerprint density at radius 2 is 1.41 bits per heavy atom. The Hall–Kier alpha value is -3.48. The van der Waals surface area contributed by atoms with Crippen molar-refractivity contribution < 1.29 is 14.4 Å². The number of hydrogen-bond acceptors (Lipinski definition) is 4. The minimum atomic E-state index is -0.907. The first-order valence-electron chi connectivity index (χ1n) is 9.24. The molecule has 0 unspecified atom stereocenters. The lowest BCUT2D eigenvalue weighted by Crippen LogP contribution is -2.33. The van der Waals surface area contributed by atoms with Gasteiger partial charge in [0.1, 0.15) is 0 Å². The third-order valence-corrected chi connectivity index (χ3v) is 4.22. The van der Waals surface area contributed by atoms with Crippen LogP contribution in [0.1, 0.15) is 35.6 Å². The molecule has 0 saturated heterocycles. The van der Waals surface area contributed by atoms with Crippen LogP contribution in [-0.4, -0.2) is 23.4 Å². The summed E-state index contributed by atoms with van der Waals surface area (Å²) >= 11 is 0. The van der Waals surface area contributed by atoms with Gasteiger partial charge in [-0.05, 0) is 57.9 Å². The summed E-state index contributed by atoms with van der Waals surface area (Å²) in [5.41, 5.74) is 7.96. The summed E-state index contributed by atoms with van der Waals surface area (Å²) in [4.78, 5) is 36.1. The highest BCUT2D eigenvalue weighted by atomic mass is 16.2. The van der Waals surface area contributed by atoms with Crippen molar-refractivity contribution in [1.29, 1.82) is 0 Å². The third-order valence-electron chi connectivity index (χ3n) is 4.22. The standard InChI is InChI=1S/C22H26N4O3/c1-13-6-8-18(9-7-13)23-21(28)22(29)26-25-17(5)12-19(27)24-20-15(3)10-14(2)11-16(20)4/h6-11H,12H2,1-5H3,(H,23,28)(H,24,27)(H,26,29). The summed E-state index contributed by atoms with van der Waals surface area (Å²) in [6, 6.07) is 11.0. The van der Waals surface area contributed by atoms with Gasteiger partial charge in [-0.3, -0.25) is 14.4 Å². The maximum atomic E-state index is 12.3. The average Bonchev–Trinajstić information content (AvgIpc) is 2.64. The molecule has 0 fully saturated rings. The lowest BCUT2D eigenvalue weighted by molar-refractivity contribution is -0.136. The molecule has 3 amide bonds. The van der Waals surface area contributed by atoms with E-state index in [1.54, 1.807) is 19.1 Å². The molecule has 2 rings (SSSR count). The lowest BCUT2D eigenvalue weighted by atomic mass is 10.0. The zero-order chi connectivity index (χ0) is 21.6. The minimum Gasteiger partial charge on any atom is -0.325 e. The van der Waals surface area contributed by atoms with E-state index in [9.17, 15) is 14.4 Å². The molecule has 0 aliphatic carbocycles. The molecule has 0 radical (unpaired) electrons. The lowest BCUT2D eigenvalue weighted by Gasteiger charge is -2.12. The van der Waals surface area contributed by atoms with Gasteiger partial charge < -0.3 is 10.6 Å². The van der Waals surface area contributed by atoms with Gasteiger partial charge in [0, 0.05) is 17.1 Å². The Morgan fingerprint density at radius 3 is 2.00 bits per heavy atom. The molecule has 0 atom stereocenters. The number of rotatable bonds is 5. The summed E-state index contributed by atoms with van der Waals surface area (Å²) in [6.07, 6.45) is -0.00732. The summed E-state index contributed by atoms with van der Waals surface area (Å²) in [5, 5.41) is 9.19. The summed E-state index contributed by atoms with van der Waals surface area (Å²) in [6.45, 7) is 9.40. The number of nitrogens with zero attached hydrogens (tertiary/aromatic N) is 1. The second-order valence-electron chi connectivity index (χ2n) is 7.11. The van der Waals surface area contributed by atoms with Crippen LogP contribution in [0.3, 0.4) is 0 Å². The van der Waals surface area contributed by atoms with Gasteiger partial charge in [0.15, 0.2) is 0 Å². The first-order chi connectivity index (χ1) is 13.7. The number of hydrazone groups is 1. The fourth-order valence-electron chi connectivity index (χ4n) is 2.85. The van der Waals surface area contributed by atoms with E-state index in [0.29, 0.717) is 11.4 Å². The van der Waals surface area contributed by atoms with Crippen molar-refractivity contribution in [1.82, 2.24) is 5.43 Å². The van der Waals surface area contributed by atoms with Crippen LogP contribution in [0, 0.1) is 27.7 Å². The topological polar surface area (TPSA) is 99.7 Å². The number of anilines is 2. The number of carbonyl (C=O) groups excluding carboxylic acids is 3. The Kier molecular flexibility index (Phi) is 7.25. The number of amides is 3. The fraction of sp³-hybridized carbons (Fsp3) is 0.273. The van der Waals surface area contributed by atoms with Crippen LogP contribution in [0.25, 0.3) is 0 Å². The first kappa shape index (κ1) is 21.8. The van der Waals surface area contributed by atoms with Gasteiger partial charge in [-0.2, -0.15) is 5.10 Å². The largest absolute Gasteiger partial charge is 0.329 e. The number of aryl methyl sites for hydroxylation is 4. The van der Waals surface area contributed by atoms with Crippen LogP contribution in [0.15, 0.2) is 41.5 Å². The van der Waals surface area contributed by atoms with E-state index in [1.807, 2.05) is 52.0 Å². The predicted molar refractivity (Wildman–Crippen MR) is 115 cm³/mol. The van der Waals surface area contributed by atoms with Crippen molar-refractivity contribution in [2.24, 2.45) is 5.10 Å². The van der Waals surface area contributed by atoms with Gasteiger partial charge in [-0.15, -0.1) is 0 Å². The van der Waals surface area contributed by atoms with Crippen molar-refractivity contribution in [2.45, 2.75) is 41.0 Å². The maximum Gasteiger partial charge on any atom is 0.329 e. The van der Waals surface area contributed by atoms with Crippen LogP contribution >= 0.6 is 0 Å². The number of benzene rings is 2. The first-order valence-corrected chi connectivity index (χ1v) is 9.24. The molecule has 0 saturated carbocycles. The van der Waals surface area contributed by atoms with Gasteiger partial charge in [0.2, 0.25) is 5.91 Å². The zero-order valence-corrected chi connectivity index (χ0v) is 17.3. The van der Waals surface area contributed by atoms with Gasteiger partial charge >= 0.3 is 11.8 Å². The summed E-state index contributed by atoms with van der Waals surface area (Å²) in [5.74, 6) is -1.99. The van der Waals surface area contributed by atoms with Crippen LogP contribution < -0.4 is 16.1 Å². The van der Waals surface area contributed by atoms with Crippen molar-refractivity contribution >= 4 is 34.8 Å². The monoisotopic (exact) mass is 394 g/mol. The molecule has 0 heterocycles. The molecule has 3 N–H and O–H groups in total. The van der Waals surface area contributed by atoms with Gasteiger partial charge in [-0.25, -0.2) is 5.43 Å². The summed E-state index contributed by atoms with van der Waals surface area (Å²) in [7, 11) is 0. The highest BCUT2D eigenvalue weighted by Crippen LogP contribution is 2.22. The molecular formula is C22H26N4O3. The average molecular weight is 394 g/mol. The Bertz CT molecular complexity index is 940. The molecule has 0 spiro atoms. The van der Waals surface area contributed by atoms with Crippen molar-refractivity contribution in [2.75, 3.05) is 10.6 Å². The number of nitrogens with one attached hydrogen (secondary N) is 3. The van der Waals surface area contributed by atoms with Gasteiger partial charge in [-0.1, -0.05) is 35.4 Å². The molecule has 7 nitrogen and oxygen atoms in total. The van der Waals surface area contributed by atoms with Crippen molar-refractivity contribution in [3.63, 3.8) is 0 Å². The normalized spacial score (nSPS) is 11.0. The quantitative estimate of drug-likeness (QED) is 0.412. The van der Waals surface area contributed by atoms with Gasteiger partial charge in [0.25, 0.3) is 0 Å². The molecule has 7 heteroatoms. The SMILES string of the molecule is CC(CC(=O)Nc1c(C)cc(C)cc1C)=NNC(=O)C(=O)Nc1ccc(C)cc1. The molecule has 0 bridgehead atoms. The van der Waals surface area contributed by atoms with E-state index in [0.717, 1.165) is 27.9 Å². The molecule has 29 heavy (non-hydrogen) atoms. The zero-order valence-electron chi connectivity index (χ0n) is 17.3.